The first-order chi connectivity index (χ1) is 11.7. The molecule has 1 aromatic heterocycles. The summed E-state index contributed by atoms with van der Waals surface area (Å²) >= 11 is 0. The molecule has 1 aliphatic rings. The summed E-state index contributed by atoms with van der Waals surface area (Å²) in [6.07, 6.45) is 2.38. The van der Waals surface area contributed by atoms with E-state index in [-0.39, 0.29) is 5.97 Å². The first kappa shape index (κ1) is 16.2. The maximum absolute atomic E-state index is 12.1. The van der Waals surface area contributed by atoms with Crippen molar-refractivity contribution < 1.29 is 9.53 Å². The van der Waals surface area contributed by atoms with Crippen molar-refractivity contribution in [3.63, 3.8) is 0 Å². The summed E-state index contributed by atoms with van der Waals surface area (Å²) in [6, 6.07) is 9.22. The van der Waals surface area contributed by atoms with Crippen LogP contribution in [0.5, 0.6) is 0 Å². The molecule has 1 fully saturated rings. The van der Waals surface area contributed by atoms with Gasteiger partial charge in [-0.1, -0.05) is 12.1 Å². The lowest BCUT2D eigenvalue weighted by molar-refractivity contribution is 0.0527. The zero-order valence-electron chi connectivity index (χ0n) is 14.1. The lowest BCUT2D eigenvalue weighted by Crippen LogP contribution is -2.20. The van der Waals surface area contributed by atoms with Gasteiger partial charge in [0.25, 0.3) is 0 Å². The Labute approximate surface area is 141 Å². The van der Waals surface area contributed by atoms with Gasteiger partial charge in [-0.2, -0.15) is 0 Å². The first-order valence-corrected chi connectivity index (χ1v) is 8.31. The smallest absolute Gasteiger partial charge is 0.340 e. The molecule has 2 aromatic rings. The number of ether oxygens (including phenoxy) is 1. The lowest BCUT2D eigenvalue weighted by atomic mass is 10.2. The topological polar surface area (TPSA) is 67.3 Å². The highest BCUT2D eigenvalue weighted by Crippen LogP contribution is 2.24. The monoisotopic (exact) mass is 326 g/mol. The second kappa shape index (κ2) is 7.29. The van der Waals surface area contributed by atoms with E-state index in [1.807, 2.05) is 31.2 Å². The van der Waals surface area contributed by atoms with Crippen molar-refractivity contribution >= 4 is 23.3 Å². The number of benzene rings is 1. The largest absolute Gasteiger partial charge is 0.462 e. The molecule has 1 N–H and O–H groups in total. The van der Waals surface area contributed by atoms with E-state index in [9.17, 15) is 4.79 Å². The van der Waals surface area contributed by atoms with Gasteiger partial charge in [0, 0.05) is 19.2 Å². The van der Waals surface area contributed by atoms with Crippen LogP contribution in [0.25, 0.3) is 0 Å². The van der Waals surface area contributed by atoms with Crippen LogP contribution in [-0.4, -0.2) is 35.6 Å². The predicted molar refractivity (Wildman–Crippen MR) is 93.9 cm³/mol. The normalized spacial score (nSPS) is 13.8. The van der Waals surface area contributed by atoms with Crippen LogP contribution in [0.2, 0.25) is 0 Å². The van der Waals surface area contributed by atoms with E-state index >= 15 is 0 Å². The van der Waals surface area contributed by atoms with E-state index in [0.717, 1.165) is 18.9 Å². The summed E-state index contributed by atoms with van der Waals surface area (Å²) in [7, 11) is 0. The first-order valence-electron chi connectivity index (χ1n) is 8.31. The molecule has 6 heteroatoms. The molecule has 0 spiro atoms. The number of carbonyl (C=O) groups excluding carboxylic acids is 1. The highest BCUT2D eigenvalue weighted by atomic mass is 16.5. The third-order valence-corrected chi connectivity index (χ3v) is 3.94. The molecule has 0 unspecified atom stereocenters. The molecule has 0 saturated carbocycles. The Kier molecular flexibility index (Phi) is 4.93. The highest BCUT2D eigenvalue weighted by Gasteiger charge is 2.16. The molecule has 126 valence electrons. The van der Waals surface area contributed by atoms with Crippen LogP contribution in [0.3, 0.4) is 0 Å². The summed E-state index contributed by atoms with van der Waals surface area (Å²) in [6.45, 7) is 6.07. The molecule has 1 aromatic carbocycles. The number of aryl methyl sites for hydroxylation is 1. The molecule has 0 radical (unpaired) electrons. The summed E-state index contributed by atoms with van der Waals surface area (Å²) in [5.74, 6) is 1.97. The number of nitrogens with zero attached hydrogens (tertiary/aromatic N) is 3. The quantitative estimate of drug-likeness (QED) is 0.850. The molecule has 1 aliphatic heterocycles. The molecule has 3 rings (SSSR count). The Balaban J connectivity index is 1.87. The number of carbonyl (C=O) groups is 1. The van der Waals surface area contributed by atoms with Crippen molar-refractivity contribution in [1.29, 1.82) is 0 Å². The van der Waals surface area contributed by atoms with Crippen molar-refractivity contribution in [3.05, 3.63) is 41.7 Å². The Morgan fingerprint density at radius 2 is 2.00 bits per heavy atom. The van der Waals surface area contributed by atoms with E-state index in [4.69, 9.17) is 4.74 Å². The molecular weight excluding hydrogens is 304 g/mol. The Hall–Kier alpha value is -2.63. The lowest BCUT2D eigenvalue weighted by Gasteiger charge is -2.18. The number of esters is 1. The van der Waals surface area contributed by atoms with Crippen LogP contribution in [-0.2, 0) is 4.74 Å². The average molecular weight is 326 g/mol. The molecule has 0 bridgehead atoms. The number of anilines is 3. The van der Waals surface area contributed by atoms with Crippen LogP contribution < -0.4 is 10.2 Å². The zero-order chi connectivity index (χ0) is 16.9. The zero-order valence-corrected chi connectivity index (χ0v) is 14.1. The second-order valence-electron chi connectivity index (χ2n) is 5.74. The van der Waals surface area contributed by atoms with Gasteiger partial charge in [0.15, 0.2) is 0 Å². The molecule has 0 aliphatic carbocycles. The van der Waals surface area contributed by atoms with E-state index in [1.54, 1.807) is 13.0 Å². The van der Waals surface area contributed by atoms with E-state index in [1.165, 1.54) is 12.8 Å². The van der Waals surface area contributed by atoms with Crippen molar-refractivity contribution in [2.45, 2.75) is 26.7 Å². The van der Waals surface area contributed by atoms with E-state index in [0.29, 0.717) is 29.5 Å². The van der Waals surface area contributed by atoms with E-state index < -0.39 is 0 Å². The number of rotatable bonds is 5. The minimum atomic E-state index is -0.342. The SMILES string of the molecule is CCOC(=O)c1ccccc1Nc1cc(N2CCCC2)nc(C)n1. The van der Waals surface area contributed by atoms with Crippen LogP contribution in [0.15, 0.2) is 30.3 Å². The maximum Gasteiger partial charge on any atom is 0.340 e. The molecule has 2 heterocycles. The minimum absolute atomic E-state index is 0.342. The molecule has 1 saturated heterocycles. The number of hydrogen-bond donors (Lipinski definition) is 1. The molecular formula is C18H22N4O2. The van der Waals surface area contributed by atoms with Gasteiger partial charge >= 0.3 is 5.97 Å². The second-order valence-corrected chi connectivity index (χ2v) is 5.74. The summed E-state index contributed by atoms with van der Waals surface area (Å²) in [5, 5.41) is 3.24. The van der Waals surface area contributed by atoms with Crippen molar-refractivity contribution in [2.24, 2.45) is 0 Å². The van der Waals surface area contributed by atoms with Gasteiger partial charge in [0.2, 0.25) is 0 Å². The molecule has 0 amide bonds. The summed E-state index contributed by atoms with van der Waals surface area (Å²) in [5.41, 5.74) is 1.18. The van der Waals surface area contributed by atoms with Gasteiger partial charge in [0.1, 0.15) is 17.5 Å². The van der Waals surface area contributed by atoms with Crippen molar-refractivity contribution in [3.8, 4) is 0 Å². The van der Waals surface area contributed by atoms with Gasteiger partial charge in [-0.25, -0.2) is 14.8 Å². The van der Waals surface area contributed by atoms with Crippen LogP contribution >= 0.6 is 0 Å². The predicted octanol–water partition coefficient (Wildman–Crippen LogP) is 3.31. The van der Waals surface area contributed by atoms with Crippen molar-refractivity contribution in [2.75, 3.05) is 29.9 Å². The van der Waals surface area contributed by atoms with Crippen LogP contribution in [0.1, 0.15) is 35.9 Å². The standard InChI is InChI=1S/C18H22N4O2/c1-3-24-18(23)14-8-4-5-9-15(14)21-16-12-17(20-13(2)19-16)22-10-6-7-11-22/h4-5,8-9,12H,3,6-7,10-11H2,1-2H3,(H,19,20,21). The maximum atomic E-state index is 12.1. The third-order valence-electron chi connectivity index (χ3n) is 3.94. The van der Waals surface area contributed by atoms with Crippen LogP contribution in [0.4, 0.5) is 17.3 Å². The summed E-state index contributed by atoms with van der Waals surface area (Å²) in [4.78, 5) is 23.3. The number of nitrogens with one attached hydrogen (secondary N) is 1. The fraction of sp³-hybridized carbons (Fsp3) is 0.389. The minimum Gasteiger partial charge on any atom is -0.462 e. The van der Waals surface area contributed by atoms with Crippen molar-refractivity contribution in [1.82, 2.24) is 9.97 Å². The van der Waals surface area contributed by atoms with Gasteiger partial charge in [-0.15, -0.1) is 0 Å². The molecule has 24 heavy (non-hydrogen) atoms. The van der Waals surface area contributed by atoms with Gasteiger partial charge in [-0.05, 0) is 38.8 Å². The Morgan fingerprint density at radius 3 is 2.75 bits per heavy atom. The summed E-state index contributed by atoms with van der Waals surface area (Å²) < 4.78 is 5.12. The van der Waals surface area contributed by atoms with Crippen LogP contribution in [0, 0.1) is 6.92 Å². The third kappa shape index (κ3) is 3.64. The fourth-order valence-electron chi connectivity index (χ4n) is 2.84. The molecule has 6 nitrogen and oxygen atoms in total. The molecule has 0 atom stereocenters. The Morgan fingerprint density at radius 1 is 1.25 bits per heavy atom. The number of hydrogen-bond acceptors (Lipinski definition) is 6. The van der Waals surface area contributed by atoms with Gasteiger partial charge in [-0.3, -0.25) is 0 Å². The van der Waals surface area contributed by atoms with Gasteiger partial charge < -0.3 is 15.0 Å². The number of aromatic nitrogens is 2. The fourth-order valence-corrected chi connectivity index (χ4v) is 2.84. The highest BCUT2D eigenvalue weighted by molar-refractivity contribution is 5.96. The number of para-hydroxylation sites is 1. The van der Waals surface area contributed by atoms with E-state index in [2.05, 4.69) is 20.2 Å². The Bertz CT molecular complexity index is 727. The van der Waals surface area contributed by atoms with Gasteiger partial charge in [0.05, 0.1) is 17.9 Å². The average Bonchev–Trinajstić information content (AvgIpc) is 3.09.